The molecule has 2 heterocycles. The first kappa shape index (κ1) is 26.3. The van der Waals surface area contributed by atoms with E-state index in [0.29, 0.717) is 11.4 Å². The van der Waals surface area contributed by atoms with Crippen molar-refractivity contribution < 1.29 is 17.9 Å². The summed E-state index contributed by atoms with van der Waals surface area (Å²) in [6, 6.07) is 32.0. The molecule has 7 rings (SSSR count). The molecule has 2 aliphatic rings. The van der Waals surface area contributed by atoms with Gasteiger partial charge in [0.25, 0.3) is 6.71 Å². The van der Waals surface area contributed by atoms with E-state index in [0.717, 1.165) is 61.4 Å². The Kier molecular flexibility index (Phi) is 5.91. The lowest BCUT2D eigenvalue weighted by Gasteiger charge is -2.44. The van der Waals surface area contributed by atoms with Gasteiger partial charge in [-0.1, -0.05) is 48.5 Å². The molecule has 0 atom stereocenters. The van der Waals surface area contributed by atoms with Crippen LogP contribution in [0, 0.1) is 27.7 Å². The van der Waals surface area contributed by atoms with Crippen molar-refractivity contribution in [2.45, 2.75) is 34.1 Å². The average molecular weight is 560 g/mol. The van der Waals surface area contributed by atoms with Crippen molar-refractivity contribution in [3.8, 4) is 5.75 Å². The molecule has 0 radical (unpaired) electrons. The van der Waals surface area contributed by atoms with E-state index in [-0.39, 0.29) is 12.5 Å². The number of anilines is 6. The summed E-state index contributed by atoms with van der Waals surface area (Å²) in [5.74, 6) is -0.252. The summed E-state index contributed by atoms with van der Waals surface area (Å²) < 4.78 is 46.0. The van der Waals surface area contributed by atoms with Gasteiger partial charge < -0.3 is 14.5 Å². The van der Waals surface area contributed by atoms with E-state index in [1.165, 1.54) is 0 Å². The molecule has 0 N–H and O–H groups in total. The number of ether oxygens (including phenoxy) is 1. The Balaban J connectivity index is 1.62. The van der Waals surface area contributed by atoms with Gasteiger partial charge in [-0.15, -0.1) is 13.2 Å². The predicted octanol–water partition coefficient (Wildman–Crippen LogP) is 7.90. The Morgan fingerprint density at radius 2 is 1.00 bits per heavy atom. The van der Waals surface area contributed by atoms with Gasteiger partial charge in [-0.05, 0) is 103 Å². The summed E-state index contributed by atoms with van der Waals surface area (Å²) in [4.78, 5) is 4.17. The number of halogens is 3. The highest BCUT2D eigenvalue weighted by Crippen LogP contribution is 2.46. The number of nitrogens with zero attached hydrogens (tertiary/aromatic N) is 2. The van der Waals surface area contributed by atoms with E-state index in [1.54, 1.807) is 12.1 Å². The molecule has 5 aromatic carbocycles. The number of benzene rings is 5. The normalized spacial score (nSPS) is 13.5. The van der Waals surface area contributed by atoms with E-state index < -0.39 is 6.36 Å². The van der Waals surface area contributed by atoms with Crippen LogP contribution >= 0.6 is 0 Å². The van der Waals surface area contributed by atoms with Crippen molar-refractivity contribution in [1.82, 2.24) is 0 Å². The predicted molar refractivity (Wildman–Crippen MR) is 166 cm³/mol. The SMILES string of the molecule is Cc1cccc(N2c3cc(C)ccc3B3c4ccc(C)cc4N(c4cccc(C)c4)c4cc(OC(F)(F)F)cc2c43)c1. The van der Waals surface area contributed by atoms with Gasteiger partial charge in [0.1, 0.15) is 5.75 Å². The highest BCUT2D eigenvalue weighted by Gasteiger charge is 2.44. The average Bonchev–Trinajstić information content (AvgIpc) is 2.91. The Morgan fingerprint density at radius 3 is 1.43 bits per heavy atom. The molecule has 5 aromatic rings. The van der Waals surface area contributed by atoms with Crippen LogP contribution in [-0.4, -0.2) is 13.1 Å². The third-order valence-corrected chi connectivity index (χ3v) is 8.11. The summed E-state index contributed by atoms with van der Waals surface area (Å²) >= 11 is 0. The van der Waals surface area contributed by atoms with Gasteiger partial charge in [-0.3, -0.25) is 0 Å². The van der Waals surface area contributed by atoms with Crippen molar-refractivity contribution in [3.63, 3.8) is 0 Å². The molecule has 0 amide bonds. The molecule has 0 fully saturated rings. The van der Waals surface area contributed by atoms with Gasteiger partial charge in [0.05, 0.1) is 0 Å². The molecule has 7 heteroatoms. The molecule has 0 aromatic heterocycles. The zero-order valence-corrected chi connectivity index (χ0v) is 23.8. The number of fused-ring (bicyclic) bond motifs is 4. The summed E-state index contributed by atoms with van der Waals surface area (Å²) in [6.07, 6.45) is -4.84. The Bertz CT molecular complexity index is 1760. The molecule has 3 nitrogen and oxygen atoms in total. The summed E-state index contributed by atoms with van der Waals surface area (Å²) in [6.45, 7) is 7.93. The van der Waals surface area contributed by atoms with E-state index in [1.807, 2.05) is 64.1 Å². The van der Waals surface area contributed by atoms with Crippen LogP contribution in [0.25, 0.3) is 0 Å². The maximum atomic E-state index is 13.8. The van der Waals surface area contributed by atoms with E-state index >= 15 is 0 Å². The summed E-state index contributed by atoms with van der Waals surface area (Å²) in [7, 11) is 0. The highest BCUT2D eigenvalue weighted by molar-refractivity contribution is 7.00. The zero-order valence-electron chi connectivity index (χ0n) is 23.8. The van der Waals surface area contributed by atoms with Crippen LogP contribution in [0.15, 0.2) is 97.1 Å². The van der Waals surface area contributed by atoms with Gasteiger partial charge in [0.15, 0.2) is 0 Å². The third-order valence-electron chi connectivity index (χ3n) is 8.11. The number of hydrogen-bond acceptors (Lipinski definition) is 3. The first-order valence-corrected chi connectivity index (χ1v) is 14.0. The Morgan fingerprint density at radius 1 is 0.548 bits per heavy atom. The van der Waals surface area contributed by atoms with E-state index in [2.05, 4.69) is 63.1 Å². The molecule has 42 heavy (non-hydrogen) atoms. The van der Waals surface area contributed by atoms with Gasteiger partial charge in [-0.2, -0.15) is 0 Å². The van der Waals surface area contributed by atoms with Crippen LogP contribution < -0.4 is 30.9 Å². The molecular formula is C35H28BF3N2O. The summed E-state index contributed by atoms with van der Waals surface area (Å²) in [5, 5.41) is 0. The molecule has 208 valence electrons. The fraction of sp³-hybridized carbons (Fsp3) is 0.143. The second-order valence-electron chi connectivity index (χ2n) is 11.3. The number of aryl methyl sites for hydroxylation is 4. The maximum Gasteiger partial charge on any atom is 0.573 e. The fourth-order valence-electron chi connectivity index (χ4n) is 6.47. The lowest BCUT2D eigenvalue weighted by atomic mass is 9.33. The number of rotatable bonds is 3. The van der Waals surface area contributed by atoms with Crippen LogP contribution in [0.5, 0.6) is 5.75 Å². The smallest absolute Gasteiger partial charge is 0.406 e. The second kappa shape index (κ2) is 9.45. The van der Waals surface area contributed by atoms with Crippen molar-refractivity contribution in [1.29, 1.82) is 0 Å². The molecule has 0 aliphatic carbocycles. The molecular weight excluding hydrogens is 532 g/mol. The van der Waals surface area contributed by atoms with Crippen LogP contribution in [0.2, 0.25) is 0 Å². The minimum Gasteiger partial charge on any atom is -0.406 e. The molecule has 0 bridgehead atoms. The van der Waals surface area contributed by atoms with E-state index in [9.17, 15) is 13.2 Å². The maximum absolute atomic E-state index is 13.8. The second-order valence-corrected chi connectivity index (χ2v) is 11.3. The third kappa shape index (κ3) is 4.31. The zero-order chi connectivity index (χ0) is 29.3. The minimum atomic E-state index is -4.84. The molecule has 0 unspecified atom stereocenters. The van der Waals surface area contributed by atoms with Crippen molar-refractivity contribution in [2.75, 3.05) is 9.80 Å². The monoisotopic (exact) mass is 560 g/mol. The van der Waals surface area contributed by atoms with Gasteiger partial charge in [-0.25, -0.2) is 0 Å². The van der Waals surface area contributed by atoms with E-state index in [4.69, 9.17) is 0 Å². The van der Waals surface area contributed by atoms with Crippen LogP contribution in [-0.2, 0) is 0 Å². The fourth-order valence-corrected chi connectivity index (χ4v) is 6.47. The quantitative estimate of drug-likeness (QED) is 0.205. The van der Waals surface area contributed by atoms with Crippen molar-refractivity contribution in [3.05, 3.63) is 119 Å². The lowest BCUT2D eigenvalue weighted by Crippen LogP contribution is -2.61. The highest BCUT2D eigenvalue weighted by atomic mass is 19.4. The molecule has 0 spiro atoms. The largest absolute Gasteiger partial charge is 0.573 e. The van der Waals surface area contributed by atoms with Gasteiger partial charge in [0, 0.05) is 46.3 Å². The van der Waals surface area contributed by atoms with Crippen molar-refractivity contribution >= 4 is 57.2 Å². The first-order chi connectivity index (χ1) is 20.1. The first-order valence-electron chi connectivity index (χ1n) is 14.0. The topological polar surface area (TPSA) is 15.7 Å². The standard InChI is InChI=1S/C35H28BF3N2O/c1-21-7-5-9-25(15-21)40-30-17-23(3)11-13-28(30)36-29-14-12-24(4)18-31(29)41(26-10-6-8-22(2)16-26)33-20-27(42-35(37,38)39)19-32(40)34(33)36/h5-20H,1-4H3. The van der Waals surface area contributed by atoms with Gasteiger partial charge in [0.2, 0.25) is 0 Å². The molecule has 2 aliphatic heterocycles. The Labute approximate surface area is 243 Å². The lowest BCUT2D eigenvalue weighted by molar-refractivity contribution is -0.274. The Hall–Kier alpha value is -4.65. The van der Waals surface area contributed by atoms with Crippen molar-refractivity contribution in [2.24, 2.45) is 0 Å². The van der Waals surface area contributed by atoms with Gasteiger partial charge >= 0.3 is 6.36 Å². The molecule has 0 saturated heterocycles. The van der Waals surface area contributed by atoms with Crippen LogP contribution in [0.1, 0.15) is 22.3 Å². The number of alkyl halides is 3. The molecule has 0 saturated carbocycles. The number of hydrogen-bond donors (Lipinski definition) is 0. The van der Waals surface area contributed by atoms with Crippen LogP contribution in [0.4, 0.5) is 47.3 Å². The van der Waals surface area contributed by atoms with Crippen LogP contribution in [0.3, 0.4) is 0 Å². The minimum absolute atomic E-state index is 0.178. The summed E-state index contributed by atoms with van der Waals surface area (Å²) in [5.41, 5.74) is 12.4.